The summed E-state index contributed by atoms with van der Waals surface area (Å²) >= 11 is 1.42. The average Bonchev–Trinajstić information content (AvgIpc) is 1.81. The molecule has 0 aliphatic heterocycles. The highest BCUT2D eigenvalue weighted by molar-refractivity contribution is 8.13. The molecule has 1 aliphatic rings. The Morgan fingerprint density at radius 2 is 2.17 bits per heavy atom. The minimum Gasteiger partial charge on any atom is -0.370 e. The van der Waals surface area contributed by atoms with E-state index in [4.69, 9.17) is 16.9 Å². The van der Waals surface area contributed by atoms with E-state index in [1.807, 2.05) is 0 Å². The summed E-state index contributed by atoms with van der Waals surface area (Å²) in [7, 11) is 0. The van der Waals surface area contributed by atoms with Crippen LogP contribution in [0.4, 0.5) is 0 Å². The van der Waals surface area contributed by atoms with Crippen molar-refractivity contribution in [3.63, 3.8) is 0 Å². The number of guanidine groups is 1. The lowest BCUT2D eigenvalue weighted by Crippen LogP contribution is -2.24. The van der Waals surface area contributed by atoms with E-state index >= 15 is 0 Å². The smallest absolute Gasteiger partial charge is 0.193 e. The first-order valence-electron chi connectivity index (χ1n) is 3.99. The lowest BCUT2D eigenvalue weighted by Gasteiger charge is -2.24. The van der Waals surface area contributed by atoms with Crippen LogP contribution >= 0.6 is 11.8 Å². The second-order valence-electron chi connectivity index (χ2n) is 2.95. The van der Waals surface area contributed by atoms with Crippen molar-refractivity contribution in [2.24, 2.45) is 22.4 Å². The molecule has 1 saturated carbocycles. The van der Waals surface area contributed by atoms with Gasteiger partial charge in [0.05, 0.1) is 0 Å². The molecule has 0 spiro atoms. The van der Waals surface area contributed by atoms with E-state index in [1.165, 1.54) is 31.0 Å². The highest BCUT2D eigenvalue weighted by Gasteiger charge is 2.17. The number of hydrogen-bond acceptors (Lipinski definition) is 2. The Kier molecular flexibility index (Phi) is 3.40. The monoisotopic (exact) mass is 186 g/mol. The van der Waals surface area contributed by atoms with Crippen molar-refractivity contribution >= 4 is 22.9 Å². The summed E-state index contributed by atoms with van der Waals surface area (Å²) in [5.74, 6) is 1.74. The fraction of sp³-hybridized carbons (Fsp3) is 0.714. The normalized spacial score (nSPS) is 16.7. The van der Waals surface area contributed by atoms with Crippen LogP contribution in [0.3, 0.4) is 0 Å². The summed E-state index contributed by atoms with van der Waals surface area (Å²) in [4.78, 5) is 3.63. The third-order valence-electron chi connectivity index (χ3n) is 1.91. The Morgan fingerprint density at radius 1 is 1.50 bits per heavy atom. The zero-order valence-corrected chi connectivity index (χ0v) is 7.73. The van der Waals surface area contributed by atoms with Gasteiger partial charge in [0.1, 0.15) is 0 Å². The number of rotatable bonds is 2. The predicted molar refractivity (Wildman–Crippen MR) is 53.3 cm³/mol. The van der Waals surface area contributed by atoms with Gasteiger partial charge in [-0.15, -0.1) is 0 Å². The highest BCUT2D eigenvalue weighted by Crippen LogP contribution is 2.29. The Hall–Kier alpha value is -0.710. The van der Waals surface area contributed by atoms with Crippen LogP contribution in [0.5, 0.6) is 0 Å². The second-order valence-corrected chi connectivity index (χ2v) is 3.96. The molecule has 0 heterocycles. The zero-order valence-electron chi connectivity index (χ0n) is 6.92. The van der Waals surface area contributed by atoms with Gasteiger partial charge < -0.3 is 11.5 Å². The summed E-state index contributed by atoms with van der Waals surface area (Å²) in [5.41, 5.74) is 10.2. The van der Waals surface area contributed by atoms with Crippen LogP contribution in [0.15, 0.2) is 4.99 Å². The maximum Gasteiger partial charge on any atom is 0.193 e. The quantitative estimate of drug-likeness (QED) is 0.438. The number of thioether (sulfide) groups is 1. The van der Waals surface area contributed by atoms with Gasteiger partial charge in [-0.05, 0) is 18.8 Å². The molecule has 1 aliphatic carbocycles. The molecule has 0 aromatic rings. The number of nitrogens with zero attached hydrogens (tertiary/aromatic N) is 1. The summed E-state index contributed by atoms with van der Waals surface area (Å²) in [6, 6.07) is 0. The van der Waals surface area contributed by atoms with Crippen molar-refractivity contribution in [3.05, 3.63) is 0 Å². The average molecular weight is 186 g/mol. The van der Waals surface area contributed by atoms with Gasteiger partial charge >= 0.3 is 0 Å². The highest BCUT2D eigenvalue weighted by atomic mass is 32.2. The topological polar surface area (TPSA) is 88.2 Å². The van der Waals surface area contributed by atoms with E-state index in [1.54, 1.807) is 0 Å². The second kappa shape index (κ2) is 4.35. The number of aliphatic imine (C=N–C) groups is 1. The number of hydrogen-bond donors (Lipinski definition) is 3. The molecule has 0 amide bonds. The van der Waals surface area contributed by atoms with Crippen LogP contribution in [-0.4, -0.2) is 16.9 Å². The van der Waals surface area contributed by atoms with Crippen molar-refractivity contribution < 1.29 is 0 Å². The fourth-order valence-corrected chi connectivity index (χ4v) is 1.90. The predicted octanol–water partition coefficient (Wildman–Crippen LogP) is 0.728. The molecule has 5 N–H and O–H groups in total. The SMILES string of the molecule is N=C(N=C(N)N)SCC1CCC1. The van der Waals surface area contributed by atoms with Gasteiger partial charge in [-0.3, -0.25) is 5.41 Å². The van der Waals surface area contributed by atoms with Crippen LogP contribution in [0.2, 0.25) is 0 Å². The first-order valence-corrected chi connectivity index (χ1v) is 4.98. The van der Waals surface area contributed by atoms with Crippen molar-refractivity contribution in [1.29, 1.82) is 5.41 Å². The molecule has 1 fully saturated rings. The maximum atomic E-state index is 7.33. The lowest BCUT2D eigenvalue weighted by atomic mass is 9.87. The molecule has 0 radical (unpaired) electrons. The van der Waals surface area contributed by atoms with Gasteiger partial charge in [0.25, 0.3) is 0 Å². The molecule has 0 atom stereocenters. The Balaban J connectivity index is 2.13. The van der Waals surface area contributed by atoms with Crippen LogP contribution in [0.1, 0.15) is 19.3 Å². The molecule has 4 nitrogen and oxygen atoms in total. The van der Waals surface area contributed by atoms with Gasteiger partial charge in [0.2, 0.25) is 0 Å². The van der Waals surface area contributed by atoms with Gasteiger partial charge in [-0.25, -0.2) is 0 Å². The molecule has 5 heteroatoms. The minimum absolute atomic E-state index is 0.0268. The van der Waals surface area contributed by atoms with Crippen LogP contribution in [0, 0.1) is 11.3 Å². The van der Waals surface area contributed by atoms with E-state index in [2.05, 4.69) is 4.99 Å². The van der Waals surface area contributed by atoms with Gasteiger partial charge in [0, 0.05) is 5.75 Å². The number of amidine groups is 1. The standard InChI is InChI=1S/C7H14N4S/c8-6(9)11-7(10)12-4-5-2-1-3-5/h5H,1-4H2,(H5,8,9,10,11). The van der Waals surface area contributed by atoms with Crippen molar-refractivity contribution in [2.75, 3.05) is 5.75 Å². The maximum absolute atomic E-state index is 7.33. The first-order chi connectivity index (χ1) is 5.68. The van der Waals surface area contributed by atoms with E-state index in [0.717, 1.165) is 11.7 Å². The molecule has 0 unspecified atom stereocenters. The Bertz CT molecular complexity index is 194. The van der Waals surface area contributed by atoms with E-state index in [0.29, 0.717) is 0 Å². The third-order valence-corrected chi connectivity index (χ3v) is 2.91. The van der Waals surface area contributed by atoms with Crippen molar-refractivity contribution in [1.82, 2.24) is 0 Å². The van der Waals surface area contributed by atoms with Gasteiger partial charge in [-0.1, -0.05) is 18.2 Å². The Morgan fingerprint density at radius 3 is 2.58 bits per heavy atom. The van der Waals surface area contributed by atoms with Crippen molar-refractivity contribution in [2.45, 2.75) is 19.3 Å². The first kappa shape index (κ1) is 9.38. The summed E-state index contributed by atoms with van der Waals surface area (Å²) in [5, 5.41) is 7.55. The summed E-state index contributed by atoms with van der Waals surface area (Å²) < 4.78 is 0. The van der Waals surface area contributed by atoms with Gasteiger partial charge in [0.15, 0.2) is 11.1 Å². The van der Waals surface area contributed by atoms with Crippen LogP contribution < -0.4 is 11.5 Å². The molecular formula is C7H14N4S. The molecule has 0 aromatic carbocycles. The van der Waals surface area contributed by atoms with Crippen LogP contribution in [-0.2, 0) is 0 Å². The molecule has 0 aromatic heterocycles. The Labute approximate surface area is 76.3 Å². The molecule has 12 heavy (non-hydrogen) atoms. The molecule has 0 bridgehead atoms. The molecular weight excluding hydrogens is 172 g/mol. The zero-order chi connectivity index (χ0) is 8.97. The fourth-order valence-electron chi connectivity index (χ4n) is 1.01. The molecule has 68 valence electrons. The third kappa shape index (κ3) is 3.13. The van der Waals surface area contributed by atoms with E-state index in [9.17, 15) is 0 Å². The van der Waals surface area contributed by atoms with Gasteiger partial charge in [-0.2, -0.15) is 4.99 Å². The summed E-state index contributed by atoms with van der Waals surface area (Å²) in [6.07, 6.45) is 3.92. The molecule has 0 saturated heterocycles. The largest absolute Gasteiger partial charge is 0.370 e. The number of nitrogens with two attached hydrogens (primary N) is 2. The summed E-state index contributed by atoms with van der Waals surface area (Å²) in [6.45, 7) is 0. The van der Waals surface area contributed by atoms with E-state index in [-0.39, 0.29) is 11.1 Å². The van der Waals surface area contributed by atoms with Crippen molar-refractivity contribution in [3.8, 4) is 0 Å². The number of nitrogens with one attached hydrogen (secondary N) is 1. The minimum atomic E-state index is -0.0268. The lowest BCUT2D eigenvalue weighted by molar-refractivity contribution is 0.353. The molecule has 1 rings (SSSR count). The van der Waals surface area contributed by atoms with E-state index < -0.39 is 0 Å². The van der Waals surface area contributed by atoms with Crippen LogP contribution in [0.25, 0.3) is 0 Å².